The van der Waals surface area contributed by atoms with E-state index in [4.69, 9.17) is 16.3 Å². The van der Waals surface area contributed by atoms with E-state index in [-0.39, 0.29) is 5.92 Å². The van der Waals surface area contributed by atoms with Gasteiger partial charge in [-0.15, -0.1) is 0 Å². The monoisotopic (exact) mass is 300 g/mol. The third-order valence-corrected chi connectivity index (χ3v) is 3.84. The quantitative estimate of drug-likeness (QED) is 0.808. The first kappa shape index (κ1) is 17.3. The summed E-state index contributed by atoms with van der Waals surface area (Å²) >= 11 is 6.20. The lowest BCUT2D eigenvalue weighted by Gasteiger charge is -2.22. The minimum atomic E-state index is -0.746. The Labute approximate surface area is 126 Å². The average molecular weight is 301 g/mol. The maximum Gasteiger partial charge on any atom is 0.123 e. The summed E-state index contributed by atoms with van der Waals surface area (Å²) in [6, 6.07) is 3.85. The Hall–Kier alpha value is -0.770. The van der Waals surface area contributed by atoms with E-state index in [9.17, 15) is 10.2 Å². The van der Waals surface area contributed by atoms with Crippen molar-refractivity contribution >= 4 is 11.6 Å². The molecule has 0 spiro atoms. The van der Waals surface area contributed by atoms with Crippen molar-refractivity contribution in [3.63, 3.8) is 0 Å². The molecule has 0 fully saturated rings. The van der Waals surface area contributed by atoms with E-state index in [0.717, 1.165) is 23.3 Å². The highest BCUT2D eigenvalue weighted by molar-refractivity contribution is 6.31. The van der Waals surface area contributed by atoms with Gasteiger partial charge >= 0.3 is 0 Å². The van der Waals surface area contributed by atoms with Crippen LogP contribution in [0, 0.1) is 6.92 Å². The number of hydrogen-bond donors (Lipinski definition) is 2. The Kier molecular flexibility index (Phi) is 6.80. The number of aliphatic hydroxyl groups is 2. The number of aliphatic hydroxyl groups excluding tert-OH is 2. The van der Waals surface area contributed by atoms with Crippen molar-refractivity contribution in [2.75, 3.05) is 6.61 Å². The van der Waals surface area contributed by atoms with Crippen molar-refractivity contribution < 1.29 is 14.9 Å². The van der Waals surface area contributed by atoms with E-state index in [1.807, 2.05) is 26.0 Å². The maximum absolute atomic E-state index is 9.83. The highest BCUT2D eigenvalue weighted by atomic mass is 35.5. The lowest BCUT2D eigenvalue weighted by molar-refractivity contribution is 0.0226. The van der Waals surface area contributed by atoms with Gasteiger partial charge in [-0.1, -0.05) is 25.4 Å². The summed E-state index contributed by atoms with van der Waals surface area (Å²) in [7, 11) is 0. The van der Waals surface area contributed by atoms with E-state index in [1.54, 1.807) is 6.92 Å². The summed E-state index contributed by atoms with van der Waals surface area (Å²) in [6.45, 7) is 8.25. The molecule has 0 aliphatic rings. The zero-order chi connectivity index (χ0) is 15.3. The summed E-state index contributed by atoms with van der Waals surface area (Å²) in [5, 5.41) is 19.9. The van der Waals surface area contributed by atoms with Gasteiger partial charge < -0.3 is 14.9 Å². The topological polar surface area (TPSA) is 49.7 Å². The largest absolute Gasteiger partial charge is 0.493 e. The molecule has 0 radical (unpaired) electrons. The molecular formula is C16H25ClO3. The molecule has 1 aromatic carbocycles. The first-order valence-corrected chi connectivity index (χ1v) is 7.53. The van der Waals surface area contributed by atoms with E-state index < -0.39 is 12.2 Å². The van der Waals surface area contributed by atoms with Crippen LogP contribution in [-0.2, 0) is 0 Å². The molecule has 3 atom stereocenters. The van der Waals surface area contributed by atoms with Gasteiger partial charge in [0.15, 0.2) is 0 Å². The van der Waals surface area contributed by atoms with Crippen LogP contribution < -0.4 is 4.74 Å². The molecule has 4 heteroatoms. The SMILES string of the molecule is CCCOc1cc(C)c(Cl)cc1C(C)CC(O)C(C)O. The molecule has 0 bridgehead atoms. The molecule has 0 saturated carbocycles. The molecule has 0 heterocycles. The van der Waals surface area contributed by atoms with Crippen molar-refractivity contribution in [3.8, 4) is 5.75 Å². The van der Waals surface area contributed by atoms with Crippen LogP contribution in [0.2, 0.25) is 5.02 Å². The molecule has 0 aliphatic carbocycles. The number of benzene rings is 1. The van der Waals surface area contributed by atoms with Gasteiger partial charge in [-0.3, -0.25) is 0 Å². The van der Waals surface area contributed by atoms with E-state index in [2.05, 4.69) is 6.92 Å². The second kappa shape index (κ2) is 7.87. The normalized spacial score (nSPS) is 15.8. The van der Waals surface area contributed by atoms with Gasteiger partial charge in [0, 0.05) is 5.02 Å². The van der Waals surface area contributed by atoms with Gasteiger partial charge in [0.1, 0.15) is 5.75 Å². The Balaban J connectivity index is 2.98. The first-order chi connectivity index (χ1) is 9.36. The Morgan fingerprint density at radius 3 is 2.45 bits per heavy atom. The van der Waals surface area contributed by atoms with Crippen LogP contribution in [-0.4, -0.2) is 29.0 Å². The predicted octanol–water partition coefficient (Wildman–Crippen LogP) is 3.67. The summed E-state index contributed by atoms with van der Waals surface area (Å²) < 4.78 is 5.78. The minimum absolute atomic E-state index is 0.0598. The second-order valence-electron chi connectivity index (χ2n) is 5.43. The van der Waals surface area contributed by atoms with Crippen LogP contribution in [0.15, 0.2) is 12.1 Å². The van der Waals surface area contributed by atoms with Gasteiger partial charge in [0.2, 0.25) is 0 Å². The van der Waals surface area contributed by atoms with Crippen molar-refractivity contribution in [2.45, 2.75) is 58.7 Å². The van der Waals surface area contributed by atoms with Gasteiger partial charge in [-0.05, 0) is 55.9 Å². The van der Waals surface area contributed by atoms with Crippen LogP contribution in [0.3, 0.4) is 0 Å². The van der Waals surface area contributed by atoms with Crippen LogP contribution in [0.5, 0.6) is 5.75 Å². The summed E-state index contributed by atoms with van der Waals surface area (Å²) in [5.74, 6) is 0.878. The van der Waals surface area contributed by atoms with Crippen LogP contribution in [0.4, 0.5) is 0 Å². The van der Waals surface area contributed by atoms with E-state index in [0.29, 0.717) is 18.1 Å². The molecule has 3 nitrogen and oxygen atoms in total. The molecule has 3 unspecified atom stereocenters. The van der Waals surface area contributed by atoms with Crippen LogP contribution in [0.25, 0.3) is 0 Å². The Morgan fingerprint density at radius 2 is 1.90 bits per heavy atom. The minimum Gasteiger partial charge on any atom is -0.493 e. The third-order valence-electron chi connectivity index (χ3n) is 3.44. The van der Waals surface area contributed by atoms with Crippen LogP contribution >= 0.6 is 11.6 Å². The summed E-state index contributed by atoms with van der Waals surface area (Å²) in [4.78, 5) is 0. The summed E-state index contributed by atoms with van der Waals surface area (Å²) in [6.07, 6.45) is -0.0757. The molecule has 114 valence electrons. The number of halogens is 1. The smallest absolute Gasteiger partial charge is 0.123 e. The lowest BCUT2D eigenvalue weighted by atomic mass is 9.92. The zero-order valence-electron chi connectivity index (χ0n) is 12.7. The zero-order valence-corrected chi connectivity index (χ0v) is 13.4. The molecule has 0 saturated heterocycles. The molecule has 20 heavy (non-hydrogen) atoms. The van der Waals surface area contributed by atoms with E-state index in [1.165, 1.54) is 0 Å². The average Bonchev–Trinajstić information content (AvgIpc) is 2.39. The lowest BCUT2D eigenvalue weighted by Crippen LogP contribution is -2.24. The maximum atomic E-state index is 9.83. The molecular weight excluding hydrogens is 276 g/mol. The molecule has 1 rings (SSSR count). The number of aryl methyl sites for hydroxylation is 1. The van der Waals surface area contributed by atoms with E-state index >= 15 is 0 Å². The number of hydrogen-bond acceptors (Lipinski definition) is 3. The van der Waals surface area contributed by atoms with Crippen molar-refractivity contribution in [1.29, 1.82) is 0 Å². The number of ether oxygens (including phenoxy) is 1. The Bertz CT molecular complexity index is 432. The summed E-state index contributed by atoms with van der Waals surface area (Å²) in [5.41, 5.74) is 1.96. The van der Waals surface area contributed by atoms with Gasteiger partial charge in [-0.2, -0.15) is 0 Å². The second-order valence-corrected chi connectivity index (χ2v) is 5.84. The first-order valence-electron chi connectivity index (χ1n) is 7.15. The highest BCUT2D eigenvalue weighted by Gasteiger charge is 2.20. The molecule has 0 amide bonds. The molecule has 2 N–H and O–H groups in total. The highest BCUT2D eigenvalue weighted by Crippen LogP contribution is 2.34. The molecule has 1 aromatic rings. The Morgan fingerprint density at radius 1 is 1.25 bits per heavy atom. The molecule has 0 aliphatic heterocycles. The van der Waals surface area contributed by atoms with Gasteiger partial charge in [0.05, 0.1) is 18.8 Å². The fourth-order valence-electron chi connectivity index (χ4n) is 2.08. The molecule has 0 aromatic heterocycles. The van der Waals surface area contributed by atoms with Crippen molar-refractivity contribution in [1.82, 2.24) is 0 Å². The fraction of sp³-hybridized carbons (Fsp3) is 0.625. The number of rotatable bonds is 7. The van der Waals surface area contributed by atoms with Gasteiger partial charge in [-0.25, -0.2) is 0 Å². The predicted molar refractivity (Wildman–Crippen MR) is 82.7 cm³/mol. The van der Waals surface area contributed by atoms with Gasteiger partial charge in [0.25, 0.3) is 0 Å². The third kappa shape index (κ3) is 4.65. The van der Waals surface area contributed by atoms with Crippen molar-refractivity contribution in [3.05, 3.63) is 28.3 Å². The standard InChI is InChI=1S/C16H25ClO3/c1-5-6-20-16-8-11(3)14(17)9-13(16)10(2)7-15(19)12(4)18/h8-10,12,15,18-19H,5-7H2,1-4H3. The van der Waals surface area contributed by atoms with Crippen LogP contribution in [0.1, 0.15) is 50.7 Å². The fourth-order valence-corrected chi connectivity index (χ4v) is 2.25. The van der Waals surface area contributed by atoms with Crippen molar-refractivity contribution in [2.24, 2.45) is 0 Å².